The van der Waals surface area contributed by atoms with Crippen LogP contribution in [0.1, 0.15) is 30.6 Å². The summed E-state index contributed by atoms with van der Waals surface area (Å²) in [4.78, 5) is 12.5. The number of nitrogens with zero attached hydrogens (tertiary/aromatic N) is 3. The van der Waals surface area contributed by atoms with Gasteiger partial charge in [0.1, 0.15) is 5.75 Å². The second kappa shape index (κ2) is 8.71. The standard InChI is InChI=1S/C19H21N3O3S/c1-3-11-22-18(17-6-5-12-25-17)20-21-19(22)26-13-16(23)14-7-9-15(10-8-14)24-4-2/h5-10,12H,3-4,11,13H2,1-2H3. The smallest absolute Gasteiger partial charge is 0.200 e. The van der Waals surface area contributed by atoms with Crippen LogP contribution in [0.15, 0.2) is 52.2 Å². The second-order valence-corrected chi connectivity index (χ2v) is 6.55. The predicted molar refractivity (Wildman–Crippen MR) is 101 cm³/mol. The first kappa shape index (κ1) is 18.3. The fourth-order valence-corrected chi connectivity index (χ4v) is 3.38. The molecule has 0 atom stereocenters. The molecule has 2 heterocycles. The minimum absolute atomic E-state index is 0.0450. The third kappa shape index (κ3) is 4.16. The average Bonchev–Trinajstić information content (AvgIpc) is 3.31. The first-order valence-electron chi connectivity index (χ1n) is 8.58. The lowest BCUT2D eigenvalue weighted by atomic mass is 10.1. The van der Waals surface area contributed by atoms with Crippen LogP contribution in [0, 0.1) is 0 Å². The van der Waals surface area contributed by atoms with Crippen molar-refractivity contribution in [1.29, 1.82) is 0 Å². The SMILES string of the molecule is CCCn1c(SCC(=O)c2ccc(OCC)cc2)nnc1-c1ccco1. The highest BCUT2D eigenvalue weighted by molar-refractivity contribution is 7.99. The van der Waals surface area contributed by atoms with Crippen molar-refractivity contribution in [3.63, 3.8) is 0 Å². The second-order valence-electron chi connectivity index (χ2n) is 5.60. The molecule has 0 fully saturated rings. The Hall–Kier alpha value is -2.54. The van der Waals surface area contributed by atoms with Gasteiger partial charge in [0.2, 0.25) is 0 Å². The van der Waals surface area contributed by atoms with E-state index in [1.807, 2.05) is 35.8 Å². The number of hydrogen-bond acceptors (Lipinski definition) is 6. The molecule has 2 aromatic heterocycles. The number of carbonyl (C=O) groups is 1. The van der Waals surface area contributed by atoms with Crippen molar-refractivity contribution in [2.24, 2.45) is 0 Å². The molecule has 6 nitrogen and oxygen atoms in total. The minimum Gasteiger partial charge on any atom is -0.494 e. The van der Waals surface area contributed by atoms with E-state index >= 15 is 0 Å². The maximum absolute atomic E-state index is 12.5. The Morgan fingerprint density at radius 3 is 2.65 bits per heavy atom. The van der Waals surface area contributed by atoms with E-state index in [9.17, 15) is 4.79 Å². The number of hydrogen-bond donors (Lipinski definition) is 0. The van der Waals surface area contributed by atoms with Crippen LogP contribution < -0.4 is 4.74 Å². The molecule has 0 N–H and O–H groups in total. The largest absolute Gasteiger partial charge is 0.494 e. The number of aromatic nitrogens is 3. The number of furan rings is 1. The van der Waals surface area contributed by atoms with E-state index in [4.69, 9.17) is 9.15 Å². The Morgan fingerprint density at radius 1 is 1.19 bits per heavy atom. The molecule has 0 aliphatic rings. The van der Waals surface area contributed by atoms with Gasteiger partial charge in [-0.15, -0.1) is 10.2 Å². The van der Waals surface area contributed by atoms with Gasteiger partial charge in [0.15, 0.2) is 22.5 Å². The van der Waals surface area contributed by atoms with Gasteiger partial charge >= 0.3 is 0 Å². The van der Waals surface area contributed by atoms with Gasteiger partial charge in [0, 0.05) is 12.1 Å². The molecule has 0 spiro atoms. The highest BCUT2D eigenvalue weighted by Gasteiger charge is 2.17. The van der Waals surface area contributed by atoms with Gasteiger partial charge in [-0.25, -0.2) is 0 Å². The quantitative estimate of drug-likeness (QED) is 0.412. The lowest BCUT2D eigenvalue weighted by Gasteiger charge is -2.07. The van der Waals surface area contributed by atoms with Crippen molar-refractivity contribution in [3.05, 3.63) is 48.2 Å². The van der Waals surface area contributed by atoms with E-state index < -0.39 is 0 Å². The summed E-state index contributed by atoms with van der Waals surface area (Å²) in [6, 6.07) is 10.9. The molecule has 3 rings (SSSR count). The normalized spacial score (nSPS) is 10.8. The Balaban J connectivity index is 1.70. The van der Waals surface area contributed by atoms with Crippen LogP contribution >= 0.6 is 11.8 Å². The van der Waals surface area contributed by atoms with Gasteiger partial charge in [-0.3, -0.25) is 9.36 Å². The molecule has 0 saturated heterocycles. The third-order valence-electron chi connectivity index (χ3n) is 3.73. The van der Waals surface area contributed by atoms with Crippen LogP contribution in [-0.2, 0) is 6.54 Å². The summed E-state index contributed by atoms with van der Waals surface area (Å²) < 4.78 is 12.8. The monoisotopic (exact) mass is 371 g/mol. The predicted octanol–water partition coefficient (Wildman–Crippen LogP) is 4.32. The van der Waals surface area contributed by atoms with Crippen molar-refractivity contribution in [1.82, 2.24) is 14.8 Å². The molecule has 7 heteroatoms. The topological polar surface area (TPSA) is 70.2 Å². The number of thioether (sulfide) groups is 1. The first-order valence-corrected chi connectivity index (χ1v) is 9.57. The number of ketones is 1. The van der Waals surface area contributed by atoms with E-state index in [2.05, 4.69) is 17.1 Å². The number of carbonyl (C=O) groups excluding carboxylic acids is 1. The molecule has 0 aliphatic heterocycles. The minimum atomic E-state index is 0.0450. The van der Waals surface area contributed by atoms with Gasteiger partial charge in [0.25, 0.3) is 0 Å². The van der Waals surface area contributed by atoms with Crippen molar-refractivity contribution in [2.45, 2.75) is 32.0 Å². The van der Waals surface area contributed by atoms with E-state index in [0.717, 1.165) is 23.9 Å². The van der Waals surface area contributed by atoms with Crippen LogP contribution in [0.25, 0.3) is 11.6 Å². The molecule has 1 aromatic carbocycles. The summed E-state index contributed by atoms with van der Waals surface area (Å²) in [6.07, 6.45) is 2.55. The molecule has 26 heavy (non-hydrogen) atoms. The molecule has 0 saturated carbocycles. The van der Waals surface area contributed by atoms with E-state index in [1.54, 1.807) is 18.4 Å². The molecular weight excluding hydrogens is 350 g/mol. The third-order valence-corrected chi connectivity index (χ3v) is 4.69. The number of rotatable bonds is 9. The molecule has 0 amide bonds. The van der Waals surface area contributed by atoms with Crippen molar-refractivity contribution in [3.8, 4) is 17.3 Å². The first-order chi connectivity index (χ1) is 12.7. The number of benzene rings is 1. The lowest BCUT2D eigenvalue weighted by Crippen LogP contribution is -2.06. The summed E-state index contributed by atoms with van der Waals surface area (Å²) in [6.45, 7) is 5.39. The molecular formula is C19H21N3O3S. The zero-order valence-corrected chi connectivity index (χ0v) is 15.7. The van der Waals surface area contributed by atoms with Gasteiger partial charge in [-0.05, 0) is 49.7 Å². The highest BCUT2D eigenvalue weighted by Crippen LogP contribution is 2.25. The van der Waals surface area contributed by atoms with Crippen molar-refractivity contribution >= 4 is 17.5 Å². The molecule has 0 radical (unpaired) electrons. The maximum atomic E-state index is 12.5. The Labute approximate surface area is 156 Å². The van der Waals surface area contributed by atoms with Crippen LogP contribution in [0.3, 0.4) is 0 Å². The summed E-state index contributed by atoms with van der Waals surface area (Å²) in [5.74, 6) is 2.48. The average molecular weight is 371 g/mol. The summed E-state index contributed by atoms with van der Waals surface area (Å²) in [7, 11) is 0. The molecule has 0 unspecified atom stereocenters. The number of ether oxygens (including phenoxy) is 1. The molecule has 0 aliphatic carbocycles. The van der Waals surface area contributed by atoms with Gasteiger partial charge in [-0.1, -0.05) is 18.7 Å². The molecule has 3 aromatic rings. The zero-order valence-electron chi connectivity index (χ0n) is 14.8. The van der Waals surface area contributed by atoms with Gasteiger partial charge < -0.3 is 9.15 Å². The summed E-state index contributed by atoms with van der Waals surface area (Å²) in [5, 5.41) is 9.19. The fourth-order valence-electron chi connectivity index (χ4n) is 2.53. The Kier molecular flexibility index (Phi) is 6.12. The van der Waals surface area contributed by atoms with E-state index in [1.165, 1.54) is 11.8 Å². The maximum Gasteiger partial charge on any atom is 0.200 e. The summed E-state index contributed by atoms with van der Waals surface area (Å²) >= 11 is 1.39. The van der Waals surface area contributed by atoms with E-state index in [-0.39, 0.29) is 5.78 Å². The van der Waals surface area contributed by atoms with E-state index in [0.29, 0.717) is 29.5 Å². The molecule has 136 valence electrons. The van der Waals surface area contributed by atoms with Gasteiger partial charge in [0.05, 0.1) is 18.6 Å². The van der Waals surface area contributed by atoms with Gasteiger partial charge in [-0.2, -0.15) is 0 Å². The Morgan fingerprint density at radius 2 is 2.00 bits per heavy atom. The van der Waals surface area contributed by atoms with Crippen LogP contribution in [0.4, 0.5) is 0 Å². The highest BCUT2D eigenvalue weighted by atomic mass is 32.2. The van der Waals surface area contributed by atoms with Crippen LogP contribution in [0.2, 0.25) is 0 Å². The fraction of sp³-hybridized carbons (Fsp3) is 0.316. The number of Topliss-reactive ketones (excluding diaryl/α,β-unsaturated/α-hetero) is 1. The molecule has 0 bridgehead atoms. The Bertz CT molecular complexity index is 842. The lowest BCUT2D eigenvalue weighted by molar-refractivity contribution is 0.102. The van der Waals surface area contributed by atoms with Crippen molar-refractivity contribution < 1.29 is 13.9 Å². The van der Waals surface area contributed by atoms with Crippen LogP contribution in [0.5, 0.6) is 5.75 Å². The zero-order chi connectivity index (χ0) is 18.4. The van der Waals surface area contributed by atoms with Crippen LogP contribution in [-0.4, -0.2) is 32.9 Å². The van der Waals surface area contributed by atoms with Crippen molar-refractivity contribution in [2.75, 3.05) is 12.4 Å². The summed E-state index contributed by atoms with van der Waals surface area (Å²) in [5.41, 5.74) is 0.661.